The lowest BCUT2D eigenvalue weighted by molar-refractivity contribution is -0.139. The molecule has 0 fully saturated rings. The Morgan fingerprint density at radius 3 is 2.80 bits per heavy atom. The zero-order chi connectivity index (χ0) is 14.7. The van der Waals surface area contributed by atoms with E-state index in [0.29, 0.717) is 6.42 Å². The number of amides is 1. The van der Waals surface area contributed by atoms with Crippen molar-refractivity contribution >= 4 is 17.6 Å². The van der Waals surface area contributed by atoms with Crippen molar-refractivity contribution in [2.75, 3.05) is 11.4 Å². The predicted molar refractivity (Wildman–Crippen MR) is 76.8 cm³/mol. The second-order valence-electron chi connectivity index (χ2n) is 5.14. The predicted octanol–water partition coefficient (Wildman–Crippen LogP) is 1.42. The van der Waals surface area contributed by atoms with Crippen molar-refractivity contribution in [3.8, 4) is 0 Å². The SMILES string of the molecule is CCC(C)NCC(=O)N1c2ccccc2C[C@H]1C(=O)O. The van der Waals surface area contributed by atoms with Gasteiger partial charge in [-0.1, -0.05) is 25.1 Å². The average molecular weight is 276 g/mol. The second-order valence-corrected chi connectivity index (χ2v) is 5.14. The van der Waals surface area contributed by atoms with Crippen LogP contribution in [0.25, 0.3) is 0 Å². The van der Waals surface area contributed by atoms with E-state index >= 15 is 0 Å². The molecule has 1 aliphatic heterocycles. The second kappa shape index (κ2) is 6.05. The summed E-state index contributed by atoms with van der Waals surface area (Å²) in [6.45, 7) is 4.19. The maximum absolute atomic E-state index is 12.3. The van der Waals surface area contributed by atoms with Crippen molar-refractivity contribution in [2.24, 2.45) is 0 Å². The molecule has 1 heterocycles. The number of rotatable bonds is 5. The Labute approximate surface area is 118 Å². The molecule has 108 valence electrons. The average Bonchev–Trinajstić information content (AvgIpc) is 2.84. The van der Waals surface area contributed by atoms with E-state index < -0.39 is 12.0 Å². The molecular formula is C15H20N2O3. The highest BCUT2D eigenvalue weighted by Gasteiger charge is 2.37. The number of nitrogens with zero attached hydrogens (tertiary/aromatic N) is 1. The highest BCUT2D eigenvalue weighted by atomic mass is 16.4. The fraction of sp³-hybridized carbons (Fsp3) is 0.467. The summed E-state index contributed by atoms with van der Waals surface area (Å²) >= 11 is 0. The number of para-hydroxylation sites is 1. The molecule has 0 aromatic heterocycles. The number of carboxylic acids is 1. The Kier molecular flexibility index (Phi) is 4.39. The van der Waals surface area contributed by atoms with E-state index in [1.54, 1.807) is 6.07 Å². The number of carboxylic acid groups (broad SMARTS) is 1. The van der Waals surface area contributed by atoms with Crippen LogP contribution in [0.3, 0.4) is 0 Å². The van der Waals surface area contributed by atoms with E-state index in [-0.39, 0.29) is 18.5 Å². The third kappa shape index (κ3) is 2.82. The van der Waals surface area contributed by atoms with Gasteiger partial charge in [-0.05, 0) is 25.0 Å². The fourth-order valence-corrected chi connectivity index (χ4v) is 2.38. The third-order valence-electron chi connectivity index (χ3n) is 3.74. The van der Waals surface area contributed by atoms with Crippen LogP contribution < -0.4 is 10.2 Å². The minimum absolute atomic E-state index is 0.160. The van der Waals surface area contributed by atoms with E-state index in [0.717, 1.165) is 17.7 Å². The first-order valence-corrected chi connectivity index (χ1v) is 6.90. The highest BCUT2D eigenvalue weighted by Crippen LogP contribution is 2.32. The van der Waals surface area contributed by atoms with Crippen molar-refractivity contribution in [1.82, 2.24) is 5.32 Å². The molecule has 1 aromatic rings. The van der Waals surface area contributed by atoms with Gasteiger partial charge in [0.15, 0.2) is 0 Å². The summed E-state index contributed by atoms with van der Waals surface area (Å²) in [4.78, 5) is 25.1. The lowest BCUT2D eigenvalue weighted by Crippen LogP contribution is -2.47. The molecule has 1 amide bonds. The van der Waals surface area contributed by atoms with Crippen LogP contribution in [0.4, 0.5) is 5.69 Å². The van der Waals surface area contributed by atoms with Gasteiger partial charge in [-0.2, -0.15) is 0 Å². The van der Waals surface area contributed by atoms with Gasteiger partial charge < -0.3 is 10.4 Å². The number of fused-ring (bicyclic) bond motifs is 1. The molecule has 0 spiro atoms. The summed E-state index contributed by atoms with van der Waals surface area (Å²) in [7, 11) is 0. The maximum atomic E-state index is 12.3. The number of aliphatic carboxylic acids is 1. The van der Waals surface area contributed by atoms with Gasteiger partial charge in [0.25, 0.3) is 0 Å². The summed E-state index contributed by atoms with van der Waals surface area (Å²) in [6, 6.07) is 6.81. The molecule has 0 aliphatic carbocycles. The summed E-state index contributed by atoms with van der Waals surface area (Å²) in [5.41, 5.74) is 1.63. The van der Waals surface area contributed by atoms with Crippen LogP contribution >= 0.6 is 0 Å². The van der Waals surface area contributed by atoms with Crippen LogP contribution in [0.5, 0.6) is 0 Å². The van der Waals surface area contributed by atoms with Gasteiger partial charge in [0, 0.05) is 18.2 Å². The van der Waals surface area contributed by atoms with Crippen molar-refractivity contribution in [1.29, 1.82) is 0 Å². The van der Waals surface area contributed by atoms with Gasteiger partial charge in [0.1, 0.15) is 6.04 Å². The lowest BCUT2D eigenvalue weighted by Gasteiger charge is -2.23. The van der Waals surface area contributed by atoms with Crippen LogP contribution in [0.2, 0.25) is 0 Å². The Bertz CT molecular complexity index is 516. The minimum Gasteiger partial charge on any atom is -0.480 e. The number of hydrogen-bond donors (Lipinski definition) is 2. The number of anilines is 1. The van der Waals surface area contributed by atoms with Crippen LogP contribution in [-0.2, 0) is 16.0 Å². The third-order valence-corrected chi connectivity index (χ3v) is 3.74. The molecule has 0 saturated heterocycles. The van der Waals surface area contributed by atoms with Crippen LogP contribution in [0.15, 0.2) is 24.3 Å². The minimum atomic E-state index is -0.960. The van der Waals surface area contributed by atoms with E-state index in [4.69, 9.17) is 0 Å². The first-order chi connectivity index (χ1) is 9.54. The molecule has 0 saturated carbocycles. The van der Waals surface area contributed by atoms with E-state index in [9.17, 15) is 14.7 Å². The molecule has 2 rings (SSSR count). The lowest BCUT2D eigenvalue weighted by atomic mass is 10.1. The molecular weight excluding hydrogens is 256 g/mol. The zero-order valence-electron chi connectivity index (χ0n) is 11.8. The molecule has 0 bridgehead atoms. The molecule has 1 aliphatic rings. The molecule has 20 heavy (non-hydrogen) atoms. The molecule has 5 nitrogen and oxygen atoms in total. The summed E-state index contributed by atoms with van der Waals surface area (Å²) < 4.78 is 0. The maximum Gasteiger partial charge on any atom is 0.327 e. The van der Waals surface area contributed by atoms with Gasteiger partial charge >= 0.3 is 5.97 Å². The standard InChI is InChI=1S/C15H20N2O3/c1-3-10(2)16-9-14(18)17-12-7-5-4-6-11(12)8-13(17)15(19)20/h4-7,10,13,16H,3,8-9H2,1-2H3,(H,19,20)/t10?,13-/m0/s1. The van der Waals surface area contributed by atoms with Gasteiger partial charge in [0.05, 0.1) is 6.54 Å². The molecule has 1 aromatic carbocycles. The molecule has 1 unspecified atom stereocenters. The largest absolute Gasteiger partial charge is 0.480 e. The van der Waals surface area contributed by atoms with Gasteiger partial charge in [-0.15, -0.1) is 0 Å². The van der Waals surface area contributed by atoms with Gasteiger partial charge in [-0.25, -0.2) is 4.79 Å². The van der Waals surface area contributed by atoms with E-state index in [1.165, 1.54) is 4.90 Å². The van der Waals surface area contributed by atoms with E-state index in [1.807, 2.05) is 32.0 Å². The first kappa shape index (κ1) is 14.5. The van der Waals surface area contributed by atoms with Gasteiger partial charge in [0.2, 0.25) is 5.91 Å². The van der Waals surface area contributed by atoms with Gasteiger partial charge in [-0.3, -0.25) is 9.69 Å². The zero-order valence-corrected chi connectivity index (χ0v) is 11.8. The van der Waals surface area contributed by atoms with Crippen molar-refractivity contribution in [2.45, 2.75) is 38.8 Å². The summed E-state index contributed by atoms with van der Waals surface area (Å²) in [5.74, 6) is -1.15. The highest BCUT2D eigenvalue weighted by molar-refractivity contribution is 6.02. The monoisotopic (exact) mass is 276 g/mol. The van der Waals surface area contributed by atoms with Crippen molar-refractivity contribution < 1.29 is 14.7 Å². The molecule has 5 heteroatoms. The number of nitrogens with one attached hydrogen (secondary N) is 1. The number of carbonyl (C=O) groups is 2. The Hall–Kier alpha value is -1.88. The molecule has 2 N–H and O–H groups in total. The van der Waals surface area contributed by atoms with Crippen molar-refractivity contribution in [3.63, 3.8) is 0 Å². The number of carbonyl (C=O) groups excluding carboxylic acids is 1. The first-order valence-electron chi connectivity index (χ1n) is 6.90. The Morgan fingerprint density at radius 1 is 1.45 bits per heavy atom. The topological polar surface area (TPSA) is 69.6 Å². The number of hydrogen-bond acceptors (Lipinski definition) is 3. The Balaban J connectivity index is 2.18. The van der Waals surface area contributed by atoms with Crippen LogP contribution in [-0.4, -0.2) is 35.6 Å². The number of benzene rings is 1. The summed E-state index contributed by atoms with van der Waals surface area (Å²) in [5, 5.41) is 12.4. The normalized spacial score (nSPS) is 18.7. The van der Waals surface area contributed by atoms with Crippen LogP contribution in [0, 0.1) is 0 Å². The van der Waals surface area contributed by atoms with Crippen LogP contribution in [0.1, 0.15) is 25.8 Å². The van der Waals surface area contributed by atoms with Crippen molar-refractivity contribution in [3.05, 3.63) is 29.8 Å². The molecule has 0 radical (unpaired) electrons. The Morgan fingerprint density at radius 2 is 2.15 bits per heavy atom. The fourth-order valence-electron chi connectivity index (χ4n) is 2.38. The quantitative estimate of drug-likeness (QED) is 0.853. The molecule has 2 atom stereocenters. The summed E-state index contributed by atoms with van der Waals surface area (Å²) in [6.07, 6.45) is 1.30. The smallest absolute Gasteiger partial charge is 0.327 e. The van der Waals surface area contributed by atoms with E-state index in [2.05, 4.69) is 5.32 Å².